The van der Waals surface area contributed by atoms with Crippen LogP contribution in [0.5, 0.6) is 0 Å². The molecule has 3 nitrogen and oxygen atoms in total. The minimum atomic E-state index is -0.666. The number of carbonyl (C=O) groups is 1. The van der Waals surface area contributed by atoms with Crippen LogP contribution in [0.4, 0.5) is 0 Å². The fourth-order valence-electron chi connectivity index (χ4n) is 1.22. The van der Waals surface area contributed by atoms with E-state index in [1.54, 1.807) is 31.2 Å². The van der Waals surface area contributed by atoms with Crippen LogP contribution < -0.4 is 0 Å². The highest BCUT2D eigenvalue weighted by Crippen LogP contribution is 2.18. The fraction of sp³-hybridized carbons (Fsp3) is 0.231. The summed E-state index contributed by atoms with van der Waals surface area (Å²) in [5, 5.41) is 8.99. The number of esters is 1. The average Bonchev–Trinajstić information content (AvgIpc) is 2.37. The molecule has 1 aromatic carbocycles. The van der Waals surface area contributed by atoms with Gasteiger partial charge < -0.3 is 4.74 Å². The molecule has 0 heterocycles. The Labute approximate surface area is 96.4 Å². The normalized spacial score (nSPS) is 12.1. The first-order valence-corrected chi connectivity index (χ1v) is 4.89. The summed E-state index contributed by atoms with van der Waals surface area (Å²) in [4.78, 5) is 11.6. The lowest BCUT2D eigenvalue weighted by molar-refractivity contribution is -0.137. The second-order valence-electron chi connectivity index (χ2n) is 3.05. The molecule has 1 aromatic rings. The van der Waals surface area contributed by atoms with E-state index in [9.17, 15) is 4.79 Å². The van der Waals surface area contributed by atoms with Gasteiger partial charge in [-0.1, -0.05) is 30.3 Å². The minimum absolute atomic E-state index is 0.0898. The topological polar surface area (TPSA) is 50.1 Å². The zero-order chi connectivity index (χ0) is 12.7. The Hall–Kier alpha value is -2.08. The van der Waals surface area contributed by atoms with Crippen LogP contribution in [0, 0.1) is 11.3 Å². The zero-order valence-corrected chi connectivity index (χ0v) is 9.06. The van der Waals surface area contributed by atoms with Gasteiger partial charge in [-0.2, -0.15) is 5.26 Å². The Kier molecular flexibility index (Phi) is 3.73. The van der Waals surface area contributed by atoms with Gasteiger partial charge in [0.05, 0.1) is 6.61 Å². The monoisotopic (exact) mass is 216 g/mol. The number of rotatable bonds is 3. The van der Waals surface area contributed by atoms with Crippen molar-refractivity contribution in [2.45, 2.75) is 13.8 Å². The van der Waals surface area contributed by atoms with Crippen molar-refractivity contribution < 1.29 is 10.9 Å². The van der Waals surface area contributed by atoms with E-state index in [0.717, 1.165) is 0 Å². The molecule has 0 atom stereocenters. The maximum absolute atomic E-state index is 11.6. The molecule has 0 radical (unpaired) electrons. The van der Waals surface area contributed by atoms with Gasteiger partial charge in [0.25, 0.3) is 0 Å². The highest BCUT2D eigenvalue weighted by atomic mass is 16.5. The van der Waals surface area contributed by atoms with Crippen molar-refractivity contribution in [2.75, 3.05) is 6.61 Å². The Bertz CT molecular complexity index is 460. The van der Waals surface area contributed by atoms with Gasteiger partial charge in [0.15, 0.2) is 0 Å². The van der Waals surface area contributed by atoms with Crippen LogP contribution in [-0.4, -0.2) is 12.6 Å². The Morgan fingerprint density at radius 2 is 2.19 bits per heavy atom. The molecule has 0 unspecified atom stereocenters. The maximum atomic E-state index is 11.6. The summed E-state index contributed by atoms with van der Waals surface area (Å²) in [7, 11) is 0. The predicted molar refractivity (Wildman–Crippen MR) is 61.3 cm³/mol. The number of nitriles is 1. The molecule has 0 bridgehead atoms. The maximum Gasteiger partial charge on any atom is 0.349 e. The molecule has 0 aliphatic rings. The standard InChI is InChI=1S/C13H13NO2/c1-3-16-13(15)12(9-14)10(2)11-7-5-4-6-8-11/h4-8H,3H2,1-2H3/b12-10-/i2D. The molecule has 82 valence electrons. The molecule has 0 fully saturated rings. The Morgan fingerprint density at radius 1 is 1.50 bits per heavy atom. The lowest BCUT2D eigenvalue weighted by atomic mass is 10.0. The van der Waals surface area contributed by atoms with E-state index in [4.69, 9.17) is 11.4 Å². The Balaban J connectivity index is 3.21. The summed E-state index contributed by atoms with van der Waals surface area (Å²) < 4.78 is 12.2. The van der Waals surface area contributed by atoms with Crippen LogP contribution >= 0.6 is 0 Å². The van der Waals surface area contributed by atoms with Gasteiger partial charge in [-0.25, -0.2) is 4.79 Å². The molecule has 0 aromatic heterocycles. The number of nitrogens with zero attached hydrogens (tertiary/aromatic N) is 1. The van der Waals surface area contributed by atoms with Crippen LogP contribution in [0.25, 0.3) is 5.57 Å². The number of hydrogen-bond acceptors (Lipinski definition) is 3. The predicted octanol–water partition coefficient (Wildman–Crippen LogP) is 2.55. The first kappa shape index (κ1) is 10.4. The lowest BCUT2D eigenvalue weighted by Crippen LogP contribution is -2.07. The summed E-state index contributed by atoms with van der Waals surface area (Å²) in [5.41, 5.74) is 1.01. The van der Waals surface area contributed by atoms with Crippen molar-refractivity contribution in [2.24, 2.45) is 0 Å². The average molecular weight is 216 g/mol. The number of ether oxygens (including phenoxy) is 1. The first-order chi connectivity index (χ1) is 8.24. The van der Waals surface area contributed by atoms with Gasteiger partial charge >= 0.3 is 5.97 Å². The van der Waals surface area contributed by atoms with Gasteiger partial charge in [0.2, 0.25) is 0 Å². The number of hydrogen-bond donors (Lipinski definition) is 0. The van der Waals surface area contributed by atoms with E-state index in [1.165, 1.54) is 0 Å². The quantitative estimate of drug-likeness (QED) is 0.443. The van der Waals surface area contributed by atoms with Crippen molar-refractivity contribution in [3.63, 3.8) is 0 Å². The van der Waals surface area contributed by atoms with Gasteiger partial charge in [-0.3, -0.25) is 0 Å². The van der Waals surface area contributed by atoms with E-state index < -0.39 is 5.97 Å². The van der Waals surface area contributed by atoms with Crippen molar-refractivity contribution in [3.8, 4) is 6.07 Å². The SMILES string of the molecule is [2H]C/C(=C(\C#N)C(=O)OCC)c1ccccc1. The molecule has 1 rings (SSSR count). The van der Waals surface area contributed by atoms with Crippen molar-refractivity contribution >= 4 is 11.5 Å². The third kappa shape index (κ3) is 2.71. The van der Waals surface area contributed by atoms with E-state index in [-0.39, 0.29) is 19.1 Å². The lowest BCUT2D eigenvalue weighted by Gasteiger charge is -2.05. The molecule has 0 aliphatic carbocycles. The summed E-state index contributed by atoms with van der Waals surface area (Å²) in [6.45, 7) is 1.76. The van der Waals surface area contributed by atoms with E-state index in [2.05, 4.69) is 0 Å². The molecule has 16 heavy (non-hydrogen) atoms. The molecule has 0 amide bonds. The van der Waals surface area contributed by atoms with Crippen molar-refractivity contribution in [3.05, 3.63) is 41.5 Å². The van der Waals surface area contributed by atoms with Crippen LogP contribution in [0.3, 0.4) is 0 Å². The van der Waals surface area contributed by atoms with Gasteiger partial charge in [0.1, 0.15) is 11.6 Å². The summed E-state index contributed by atoms with van der Waals surface area (Å²) >= 11 is 0. The zero-order valence-electron chi connectivity index (χ0n) is 10.1. The first-order valence-electron chi connectivity index (χ1n) is 5.60. The van der Waals surface area contributed by atoms with Crippen molar-refractivity contribution in [1.82, 2.24) is 0 Å². The van der Waals surface area contributed by atoms with E-state index in [0.29, 0.717) is 11.1 Å². The second kappa shape index (κ2) is 5.72. The Morgan fingerprint density at radius 3 is 2.69 bits per heavy atom. The summed E-state index contributed by atoms with van der Waals surface area (Å²) in [6.07, 6.45) is 0. The largest absolute Gasteiger partial charge is 0.462 e. The van der Waals surface area contributed by atoms with Crippen molar-refractivity contribution in [1.29, 1.82) is 5.26 Å². The number of allylic oxidation sites excluding steroid dienone is 1. The number of benzene rings is 1. The van der Waals surface area contributed by atoms with Crippen LogP contribution in [-0.2, 0) is 9.53 Å². The van der Waals surface area contributed by atoms with Gasteiger partial charge in [-0.15, -0.1) is 0 Å². The molecule has 0 saturated heterocycles. The smallest absolute Gasteiger partial charge is 0.349 e. The fourth-order valence-corrected chi connectivity index (χ4v) is 1.22. The molecule has 0 saturated carbocycles. The van der Waals surface area contributed by atoms with Crippen LogP contribution in [0.1, 0.15) is 20.8 Å². The third-order valence-corrected chi connectivity index (χ3v) is 2.02. The summed E-state index contributed by atoms with van der Waals surface area (Å²) in [5.74, 6) is -0.666. The van der Waals surface area contributed by atoms with Gasteiger partial charge in [0, 0.05) is 1.37 Å². The van der Waals surface area contributed by atoms with E-state index in [1.807, 2.05) is 12.1 Å². The van der Waals surface area contributed by atoms with Gasteiger partial charge in [-0.05, 0) is 25.0 Å². The summed E-state index contributed by atoms with van der Waals surface area (Å²) in [6, 6.07) is 10.8. The molecule has 3 heteroatoms. The van der Waals surface area contributed by atoms with E-state index >= 15 is 0 Å². The highest BCUT2D eigenvalue weighted by Gasteiger charge is 2.14. The number of carbonyl (C=O) groups excluding carboxylic acids is 1. The van der Waals surface area contributed by atoms with Crippen LogP contribution in [0.2, 0.25) is 0 Å². The molecule has 0 spiro atoms. The highest BCUT2D eigenvalue weighted by molar-refractivity contribution is 6.01. The molecule has 0 aliphatic heterocycles. The third-order valence-electron chi connectivity index (χ3n) is 2.02. The molecular weight excluding hydrogens is 202 g/mol. The van der Waals surface area contributed by atoms with Crippen LogP contribution in [0.15, 0.2) is 35.9 Å². The minimum Gasteiger partial charge on any atom is -0.462 e. The molecule has 0 N–H and O–H groups in total. The second-order valence-corrected chi connectivity index (χ2v) is 3.05. The molecular formula is C13H13NO2.